The van der Waals surface area contributed by atoms with Gasteiger partial charge in [-0.05, 0) is 37.6 Å². The first-order valence-corrected chi connectivity index (χ1v) is 6.21. The molecule has 0 aliphatic heterocycles. The quantitative estimate of drug-likeness (QED) is 0.812. The van der Waals surface area contributed by atoms with E-state index in [0.29, 0.717) is 25.1 Å². The van der Waals surface area contributed by atoms with Gasteiger partial charge in [0.25, 0.3) is 0 Å². The largest absolute Gasteiger partial charge is 0.310 e. The summed E-state index contributed by atoms with van der Waals surface area (Å²) in [5.74, 6) is -0.227. The molecule has 4 nitrogen and oxygen atoms in total. The van der Waals surface area contributed by atoms with Crippen LogP contribution in [0.3, 0.4) is 0 Å². The van der Waals surface area contributed by atoms with Crippen LogP contribution in [-0.2, 0) is 19.5 Å². The fourth-order valence-corrected chi connectivity index (χ4v) is 1.88. The molecule has 2 aromatic rings. The molecule has 19 heavy (non-hydrogen) atoms. The van der Waals surface area contributed by atoms with Crippen molar-refractivity contribution >= 4 is 0 Å². The first-order chi connectivity index (χ1) is 9.19. The average Bonchev–Trinajstić information content (AvgIpc) is 2.81. The van der Waals surface area contributed by atoms with E-state index in [4.69, 9.17) is 0 Å². The lowest BCUT2D eigenvalue weighted by molar-refractivity contribution is 0.566. The number of hydrogen-bond acceptors (Lipinski definition) is 3. The van der Waals surface area contributed by atoms with Crippen LogP contribution in [0.15, 0.2) is 24.5 Å². The lowest BCUT2D eigenvalue weighted by Gasteiger charge is -2.06. The maximum Gasteiger partial charge on any atom is 0.140 e. The number of hydrogen-bond donors (Lipinski definition) is 1. The summed E-state index contributed by atoms with van der Waals surface area (Å²) in [5.41, 5.74) is 0.641. The molecule has 102 valence electrons. The molecule has 6 heteroatoms. The molecule has 0 unspecified atom stereocenters. The molecule has 0 bridgehead atoms. The Balaban J connectivity index is 1.80. The van der Waals surface area contributed by atoms with E-state index in [1.54, 1.807) is 4.68 Å². The fourth-order valence-electron chi connectivity index (χ4n) is 1.88. The number of aromatic nitrogens is 3. The molecular weight excluding hydrogens is 250 g/mol. The second-order valence-corrected chi connectivity index (χ2v) is 4.20. The van der Waals surface area contributed by atoms with Crippen LogP contribution in [0.5, 0.6) is 0 Å². The first kappa shape index (κ1) is 13.6. The van der Waals surface area contributed by atoms with Crippen LogP contribution in [0.1, 0.15) is 18.3 Å². The Labute approximate surface area is 110 Å². The predicted molar refractivity (Wildman–Crippen MR) is 67.5 cm³/mol. The number of nitrogens with zero attached hydrogens (tertiary/aromatic N) is 3. The van der Waals surface area contributed by atoms with Crippen LogP contribution in [0.25, 0.3) is 0 Å². The molecule has 0 atom stereocenters. The van der Waals surface area contributed by atoms with Crippen molar-refractivity contribution in [2.45, 2.75) is 26.4 Å². The number of aryl methyl sites for hydroxylation is 1. The Hall–Kier alpha value is -1.82. The van der Waals surface area contributed by atoms with Crippen molar-refractivity contribution in [1.82, 2.24) is 20.1 Å². The van der Waals surface area contributed by atoms with Crippen molar-refractivity contribution in [2.24, 2.45) is 0 Å². The minimum absolute atomic E-state index is 0.541. The highest BCUT2D eigenvalue weighted by Crippen LogP contribution is 2.08. The molecule has 1 aromatic heterocycles. The normalized spacial score (nSPS) is 10.9. The highest BCUT2D eigenvalue weighted by Gasteiger charge is 2.03. The summed E-state index contributed by atoms with van der Waals surface area (Å²) >= 11 is 0. The van der Waals surface area contributed by atoms with E-state index in [1.807, 2.05) is 6.92 Å². The number of halogens is 2. The smallest absolute Gasteiger partial charge is 0.140 e. The van der Waals surface area contributed by atoms with Gasteiger partial charge >= 0.3 is 0 Å². The van der Waals surface area contributed by atoms with Gasteiger partial charge in [0.05, 0.1) is 6.54 Å². The van der Waals surface area contributed by atoms with Crippen LogP contribution in [0.4, 0.5) is 8.78 Å². The Morgan fingerprint density at radius 3 is 2.63 bits per heavy atom. The van der Waals surface area contributed by atoms with Gasteiger partial charge in [0.2, 0.25) is 0 Å². The van der Waals surface area contributed by atoms with Gasteiger partial charge in [-0.3, -0.25) is 0 Å². The Kier molecular flexibility index (Phi) is 4.57. The number of nitrogens with one attached hydrogen (secondary N) is 1. The van der Waals surface area contributed by atoms with Crippen LogP contribution >= 0.6 is 0 Å². The summed E-state index contributed by atoms with van der Waals surface area (Å²) < 4.78 is 27.8. The van der Waals surface area contributed by atoms with Crippen molar-refractivity contribution in [2.75, 3.05) is 6.54 Å². The topological polar surface area (TPSA) is 42.7 Å². The zero-order valence-electron chi connectivity index (χ0n) is 10.7. The second-order valence-electron chi connectivity index (χ2n) is 4.20. The molecule has 1 aromatic carbocycles. The van der Waals surface area contributed by atoms with E-state index in [2.05, 4.69) is 15.4 Å². The maximum atomic E-state index is 13.0. The SMILES string of the molecule is CCn1ncnc1CNCCc1cc(F)cc(F)c1. The summed E-state index contributed by atoms with van der Waals surface area (Å²) in [6, 6.07) is 3.57. The van der Waals surface area contributed by atoms with Crippen LogP contribution in [-0.4, -0.2) is 21.3 Å². The van der Waals surface area contributed by atoms with E-state index in [9.17, 15) is 8.78 Å². The summed E-state index contributed by atoms with van der Waals surface area (Å²) in [5, 5.41) is 7.24. The molecule has 0 radical (unpaired) electrons. The number of benzene rings is 1. The lowest BCUT2D eigenvalue weighted by Crippen LogP contribution is -2.20. The zero-order chi connectivity index (χ0) is 13.7. The van der Waals surface area contributed by atoms with Gasteiger partial charge in [-0.15, -0.1) is 0 Å². The molecular formula is C13H16F2N4. The summed E-state index contributed by atoms with van der Waals surface area (Å²) in [4.78, 5) is 4.13. The van der Waals surface area contributed by atoms with Gasteiger partial charge in [-0.25, -0.2) is 18.4 Å². The lowest BCUT2D eigenvalue weighted by atomic mass is 10.1. The Bertz CT molecular complexity index is 519. The van der Waals surface area contributed by atoms with Gasteiger partial charge in [-0.2, -0.15) is 5.10 Å². The van der Waals surface area contributed by atoms with Crippen LogP contribution in [0.2, 0.25) is 0 Å². The fraction of sp³-hybridized carbons (Fsp3) is 0.385. The molecule has 0 aliphatic carbocycles. The van der Waals surface area contributed by atoms with Crippen LogP contribution < -0.4 is 5.32 Å². The van der Waals surface area contributed by atoms with Crippen molar-refractivity contribution in [3.05, 3.63) is 47.5 Å². The highest BCUT2D eigenvalue weighted by molar-refractivity contribution is 5.18. The van der Waals surface area contributed by atoms with E-state index in [0.717, 1.165) is 18.4 Å². The predicted octanol–water partition coefficient (Wildman–Crippen LogP) is 1.91. The summed E-state index contributed by atoms with van der Waals surface area (Å²) in [6.07, 6.45) is 2.08. The minimum Gasteiger partial charge on any atom is -0.310 e. The first-order valence-electron chi connectivity index (χ1n) is 6.21. The second kappa shape index (κ2) is 6.38. The van der Waals surface area contributed by atoms with E-state index >= 15 is 0 Å². The monoisotopic (exact) mass is 266 g/mol. The molecule has 0 fully saturated rings. The Morgan fingerprint density at radius 2 is 1.95 bits per heavy atom. The minimum atomic E-state index is -0.541. The highest BCUT2D eigenvalue weighted by atomic mass is 19.1. The maximum absolute atomic E-state index is 13.0. The van der Waals surface area contributed by atoms with Gasteiger partial charge in [0.1, 0.15) is 23.8 Å². The van der Waals surface area contributed by atoms with Gasteiger partial charge in [0.15, 0.2) is 0 Å². The van der Waals surface area contributed by atoms with Crippen molar-refractivity contribution in [3.63, 3.8) is 0 Å². The Morgan fingerprint density at radius 1 is 1.21 bits per heavy atom. The third-order valence-corrected chi connectivity index (χ3v) is 2.79. The molecule has 1 N–H and O–H groups in total. The van der Waals surface area contributed by atoms with Crippen molar-refractivity contribution < 1.29 is 8.78 Å². The summed E-state index contributed by atoms with van der Waals surface area (Å²) in [6.45, 7) is 3.98. The standard InChI is InChI=1S/C13H16F2N4/c1-2-19-13(17-9-18-19)8-16-4-3-10-5-11(14)7-12(15)6-10/h5-7,9,16H,2-4,8H2,1H3. The van der Waals surface area contributed by atoms with Gasteiger partial charge < -0.3 is 5.32 Å². The molecule has 0 saturated heterocycles. The third-order valence-electron chi connectivity index (χ3n) is 2.79. The molecule has 2 rings (SSSR count). The van der Waals surface area contributed by atoms with E-state index < -0.39 is 11.6 Å². The third kappa shape index (κ3) is 3.82. The van der Waals surface area contributed by atoms with Crippen LogP contribution in [0, 0.1) is 11.6 Å². The molecule has 1 heterocycles. The van der Waals surface area contributed by atoms with E-state index in [1.165, 1.54) is 18.5 Å². The zero-order valence-corrected chi connectivity index (χ0v) is 10.7. The van der Waals surface area contributed by atoms with Gasteiger partial charge in [0, 0.05) is 12.6 Å². The molecule has 0 spiro atoms. The van der Waals surface area contributed by atoms with E-state index in [-0.39, 0.29) is 0 Å². The number of rotatable bonds is 6. The average molecular weight is 266 g/mol. The van der Waals surface area contributed by atoms with Crippen molar-refractivity contribution in [1.29, 1.82) is 0 Å². The molecule has 0 saturated carbocycles. The van der Waals surface area contributed by atoms with Gasteiger partial charge in [-0.1, -0.05) is 0 Å². The van der Waals surface area contributed by atoms with Crippen molar-refractivity contribution in [3.8, 4) is 0 Å². The summed E-state index contributed by atoms with van der Waals surface area (Å²) in [7, 11) is 0. The molecule has 0 aliphatic rings. The molecule has 0 amide bonds.